The lowest BCUT2D eigenvalue weighted by molar-refractivity contribution is -0.237. The molecular weight excluding hydrogens is 462 g/mol. The standard InChI is InChI=1S/C20H29NO9S2/c1-11(22)26-10-15-16(27-12(2)23)17(28-13(3)24)18(29-14(4)25)19(30-15)32-20(31)21-8-6-5-7-9-21/h15-19H,5-10H2,1-4H3/t15-,16-,17+,18-,19+/m1/s1. The topological polar surface area (TPSA) is 118 Å². The maximum absolute atomic E-state index is 11.9. The molecule has 5 atom stereocenters. The van der Waals surface area contributed by atoms with Gasteiger partial charge in [-0.2, -0.15) is 0 Å². The zero-order valence-corrected chi connectivity index (χ0v) is 20.2. The molecule has 0 saturated carbocycles. The summed E-state index contributed by atoms with van der Waals surface area (Å²) in [6.45, 7) is 6.15. The molecule has 0 bridgehead atoms. The minimum atomic E-state index is -1.18. The first-order valence-electron chi connectivity index (χ1n) is 10.3. The summed E-state index contributed by atoms with van der Waals surface area (Å²) < 4.78 is 27.9. The Kier molecular flexibility index (Phi) is 10.2. The number of nitrogens with zero attached hydrogens (tertiary/aromatic N) is 1. The summed E-state index contributed by atoms with van der Waals surface area (Å²) in [5.74, 6) is -2.53. The predicted molar refractivity (Wildman–Crippen MR) is 118 cm³/mol. The van der Waals surface area contributed by atoms with Gasteiger partial charge in [0.1, 0.15) is 17.0 Å². The zero-order chi connectivity index (χ0) is 23.8. The smallest absolute Gasteiger partial charge is 0.303 e. The van der Waals surface area contributed by atoms with Crippen LogP contribution in [0, 0.1) is 0 Å². The highest BCUT2D eigenvalue weighted by atomic mass is 32.2. The Labute approximate surface area is 196 Å². The van der Waals surface area contributed by atoms with Gasteiger partial charge in [-0.1, -0.05) is 24.0 Å². The molecule has 0 spiro atoms. The normalized spacial score (nSPS) is 27.8. The Morgan fingerprint density at radius 1 is 0.844 bits per heavy atom. The molecule has 2 rings (SSSR count). The second-order valence-electron chi connectivity index (χ2n) is 7.50. The number of hydrogen-bond acceptors (Lipinski definition) is 11. The molecule has 0 unspecified atom stereocenters. The van der Waals surface area contributed by atoms with Crippen molar-refractivity contribution in [1.82, 2.24) is 4.90 Å². The number of thiocarbonyl (C=S) groups is 1. The van der Waals surface area contributed by atoms with Gasteiger partial charge in [0.15, 0.2) is 23.7 Å². The molecule has 2 fully saturated rings. The van der Waals surface area contributed by atoms with E-state index in [1.165, 1.54) is 27.7 Å². The summed E-state index contributed by atoms with van der Waals surface area (Å²) >= 11 is 6.73. The van der Waals surface area contributed by atoms with E-state index in [2.05, 4.69) is 0 Å². The molecule has 10 nitrogen and oxygen atoms in total. The molecule has 0 radical (unpaired) electrons. The highest BCUT2D eigenvalue weighted by Gasteiger charge is 2.52. The third-order valence-corrected chi connectivity index (χ3v) is 6.40. The zero-order valence-electron chi connectivity index (χ0n) is 18.6. The molecule has 2 saturated heterocycles. The van der Waals surface area contributed by atoms with Crippen molar-refractivity contribution < 1.29 is 42.9 Å². The van der Waals surface area contributed by atoms with E-state index in [4.69, 9.17) is 35.9 Å². The monoisotopic (exact) mass is 491 g/mol. The Hall–Kier alpha value is -1.92. The Morgan fingerprint density at radius 3 is 1.91 bits per heavy atom. The lowest BCUT2D eigenvalue weighted by atomic mass is 9.99. The number of thioether (sulfide) groups is 1. The highest BCUT2D eigenvalue weighted by Crippen LogP contribution is 2.35. The van der Waals surface area contributed by atoms with Gasteiger partial charge in [0.05, 0.1) is 0 Å². The summed E-state index contributed by atoms with van der Waals surface area (Å²) in [4.78, 5) is 48.9. The van der Waals surface area contributed by atoms with E-state index in [0.717, 1.165) is 44.1 Å². The van der Waals surface area contributed by atoms with Crippen molar-refractivity contribution in [1.29, 1.82) is 0 Å². The lowest BCUT2D eigenvalue weighted by Gasteiger charge is -2.44. The summed E-state index contributed by atoms with van der Waals surface area (Å²) in [5.41, 5.74) is -0.884. The molecule has 0 N–H and O–H groups in total. The lowest BCUT2D eigenvalue weighted by Crippen LogP contribution is -2.61. The van der Waals surface area contributed by atoms with Crippen LogP contribution in [0.5, 0.6) is 0 Å². The van der Waals surface area contributed by atoms with Crippen molar-refractivity contribution >= 4 is 52.2 Å². The van der Waals surface area contributed by atoms with E-state index < -0.39 is 53.7 Å². The molecule has 0 aliphatic carbocycles. The fraction of sp³-hybridized carbons (Fsp3) is 0.750. The molecule has 0 aromatic heterocycles. The highest BCUT2D eigenvalue weighted by molar-refractivity contribution is 8.23. The molecule has 2 aliphatic rings. The van der Waals surface area contributed by atoms with E-state index in [9.17, 15) is 19.2 Å². The molecule has 0 aromatic rings. The number of carbonyl (C=O) groups is 4. The molecule has 2 heterocycles. The third-order valence-electron chi connectivity index (χ3n) is 4.78. The summed E-state index contributed by atoms with van der Waals surface area (Å²) in [5, 5.41) is 0. The van der Waals surface area contributed by atoms with E-state index >= 15 is 0 Å². The quantitative estimate of drug-likeness (QED) is 0.305. The van der Waals surface area contributed by atoms with Crippen LogP contribution in [-0.4, -0.2) is 82.6 Å². The number of carbonyl (C=O) groups excluding carboxylic acids is 4. The first-order chi connectivity index (χ1) is 15.1. The maximum atomic E-state index is 11.9. The van der Waals surface area contributed by atoms with Gasteiger partial charge >= 0.3 is 23.9 Å². The SMILES string of the molecule is CC(=O)OC[C@H]1O[C@@H](SC(=S)N2CCCCC2)[C@H](OC(C)=O)[C@@H](OC(C)=O)[C@@H]1OC(C)=O. The summed E-state index contributed by atoms with van der Waals surface area (Å²) in [6, 6.07) is 0. The van der Waals surface area contributed by atoms with Crippen LogP contribution in [0.25, 0.3) is 0 Å². The fourth-order valence-electron chi connectivity index (χ4n) is 3.53. The molecule has 2 aliphatic heterocycles. The molecule has 0 aromatic carbocycles. The van der Waals surface area contributed by atoms with E-state index in [0.29, 0.717) is 4.32 Å². The van der Waals surface area contributed by atoms with Gasteiger partial charge in [-0.15, -0.1) is 0 Å². The molecule has 32 heavy (non-hydrogen) atoms. The average molecular weight is 492 g/mol. The number of likely N-dealkylation sites (tertiary alicyclic amines) is 1. The van der Waals surface area contributed by atoms with Crippen LogP contribution in [0.1, 0.15) is 47.0 Å². The van der Waals surface area contributed by atoms with Crippen LogP contribution in [0.15, 0.2) is 0 Å². The van der Waals surface area contributed by atoms with Crippen molar-refractivity contribution in [3.8, 4) is 0 Å². The van der Waals surface area contributed by atoms with Gasteiger partial charge in [0.25, 0.3) is 0 Å². The van der Waals surface area contributed by atoms with Gasteiger partial charge in [-0.05, 0) is 19.3 Å². The van der Waals surface area contributed by atoms with E-state index in [1.807, 2.05) is 4.90 Å². The minimum absolute atomic E-state index is 0.259. The second kappa shape index (κ2) is 12.4. The Balaban J connectivity index is 2.35. The Morgan fingerprint density at radius 2 is 1.38 bits per heavy atom. The van der Waals surface area contributed by atoms with Gasteiger partial charge in [0, 0.05) is 40.8 Å². The number of esters is 4. The second-order valence-corrected chi connectivity index (χ2v) is 9.23. The first-order valence-corrected chi connectivity index (χ1v) is 11.6. The van der Waals surface area contributed by atoms with Crippen molar-refractivity contribution in [2.45, 2.75) is 76.8 Å². The van der Waals surface area contributed by atoms with Gasteiger partial charge < -0.3 is 28.6 Å². The van der Waals surface area contributed by atoms with Crippen LogP contribution in [0.2, 0.25) is 0 Å². The van der Waals surface area contributed by atoms with Gasteiger partial charge in [-0.3, -0.25) is 19.2 Å². The van der Waals surface area contributed by atoms with Gasteiger partial charge in [0.2, 0.25) is 0 Å². The number of hydrogen-bond donors (Lipinski definition) is 0. The van der Waals surface area contributed by atoms with Crippen molar-refractivity contribution in [2.24, 2.45) is 0 Å². The van der Waals surface area contributed by atoms with Crippen LogP contribution in [0.3, 0.4) is 0 Å². The van der Waals surface area contributed by atoms with Crippen LogP contribution in [0.4, 0.5) is 0 Å². The summed E-state index contributed by atoms with van der Waals surface area (Å²) in [7, 11) is 0. The van der Waals surface area contributed by atoms with Crippen molar-refractivity contribution in [3.05, 3.63) is 0 Å². The molecule has 0 amide bonds. The van der Waals surface area contributed by atoms with Crippen LogP contribution < -0.4 is 0 Å². The molecule has 12 heteroatoms. The van der Waals surface area contributed by atoms with Crippen molar-refractivity contribution in [3.63, 3.8) is 0 Å². The maximum Gasteiger partial charge on any atom is 0.303 e. The molecule has 180 valence electrons. The summed E-state index contributed by atoms with van der Waals surface area (Å²) in [6.07, 6.45) is -1.28. The third kappa shape index (κ3) is 7.89. The van der Waals surface area contributed by atoms with E-state index in [1.54, 1.807) is 0 Å². The first kappa shape index (κ1) is 26.3. The largest absolute Gasteiger partial charge is 0.463 e. The average Bonchev–Trinajstić information content (AvgIpc) is 2.70. The Bertz CT molecular complexity index is 726. The molecular formula is C20H29NO9S2. The minimum Gasteiger partial charge on any atom is -0.463 e. The van der Waals surface area contributed by atoms with E-state index in [-0.39, 0.29) is 6.61 Å². The van der Waals surface area contributed by atoms with Crippen molar-refractivity contribution in [2.75, 3.05) is 19.7 Å². The van der Waals surface area contributed by atoms with Gasteiger partial charge in [-0.25, -0.2) is 0 Å². The number of piperidine rings is 1. The van der Waals surface area contributed by atoms with Crippen LogP contribution in [-0.2, 0) is 42.9 Å². The fourth-order valence-corrected chi connectivity index (χ4v) is 5.07. The van der Waals surface area contributed by atoms with Crippen LogP contribution >= 0.6 is 24.0 Å². The number of ether oxygens (including phenoxy) is 5. The predicted octanol–water partition coefficient (Wildman–Crippen LogP) is 1.57. The number of rotatable bonds is 6.